The number of benzene rings is 2. The Morgan fingerprint density at radius 3 is 2.37 bits per heavy atom. The third-order valence-corrected chi connectivity index (χ3v) is 4.03. The number of oxazole rings is 1. The number of carbonyl (C=O) groups is 2. The molecule has 6 heteroatoms. The highest BCUT2D eigenvalue weighted by Crippen LogP contribution is 2.18. The van der Waals surface area contributed by atoms with E-state index in [1.165, 1.54) is 11.2 Å². The van der Waals surface area contributed by atoms with Gasteiger partial charge in [0.1, 0.15) is 6.26 Å². The number of likely N-dealkylation sites (N-methyl/N-ethyl adjacent to an activating group) is 1. The van der Waals surface area contributed by atoms with E-state index in [9.17, 15) is 9.59 Å². The van der Waals surface area contributed by atoms with Gasteiger partial charge in [-0.3, -0.25) is 9.59 Å². The second-order valence-electron chi connectivity index (χ2n) is 6.05. The van der Waals surface area contributed by atoms with Gasteiger partial charge in [-0.15, -0.1) is 0 Å². The average molecular weight is 364 g/mol. The number of amides is 1. The van der Waals surface area contributed by atoms with Crippen LogP contribution in [0.3, 0.4) is 0 Å². The van der Waals surface area contributed by atoms with Crippen LogP contribution in [-0.2, 0) is 20.7 Å². The van der Waals surface area contributed by atoms with Crippen molar-refractivity contribution in [1.29, 1.82) is 0 Å². The Hall–Kier alpha value is -3.41. The molecule has 1 amide bonds. The second kappa shape index (κ2) is 8.31. The number of anilines is 1. The van der Waals surface area contributed by atoms with Gasteiger partial charge < -0.3 is 14.1 Å². The number of nitrogens with zero attached hydrogens (tertiary/aromatic N) is 2. The molecule has 1 aromatic heterocycles. The molecule has 0 N–H and O–H groups in total. The summed E-state index contributed by atoms with van der Waals surface area (Å²) in [5.74, 6) is -0.406. The van der Waals surface area contributed by atoms with E-state index in [0.29, 0.717) is 11.6 Å². The molecule has 1 atom stereocenters. The maximum atomic E-state index is 12.4. The molecule has 0 aliphatic carbocycles. The standard InChI is InChI=1S/C21H20N2O4/c1-15(21(25)23(2)18-11-7-4-8-12-18)27-19(24)13-17-14-26-20(22-17)16-9-5-3-6-10-16/h3-12,14-15H,13H2,1-2H3. The summed E-state index contributed by atoms with van der Waals surface area (Å²) in [4.78, 5) is 30.3. The first-order chi connectivity index (χ1) is 13.0. The first-order valence-corrected chi connectivity index (χ1v) is 8.56. The molecule has 2 aromatic carbocycles. The molecule has 0 spiro atoms. The van der Waals surface area contributed by atoms with E-state index >= 15 is 0 Å². The predicted molar refractivity (Wildman–Crippen MR) is 101 cm³/mol. The van der Waals surface area contributed by atoms with Crippen LogP contribution in [0.25, 0.3) is 11.5 Å². The molecule has 0 bridgehead atoms. The molecule has 27 heavy (non-hydrogen) atoms. The fraction of sp³-hybridized carbons (Fsp3) is 0.190. The van der Waals surface area contributed by atoms with Gasteiger partial charge in [0.2, 0.25) is 5.89 Å². The highest BCUT2D eigenvalue weighted by atomic mass is 16.5. The molecule has 1 heterocycles. The number of aromatic nitrogens is 1. The molecular formula is C21H20N2O4. The summed E-state index contributed by atoms with van der Waals surface area (Å²) in [7, 11) is 1.64. The minimum atomic E-state index is -0.900. The van der Waals surface area contributed by atoms with E-state index in [2.05, 4.69) is 4.98 Å². The number of para-hydroxylation sites is 1. The van der Waals surface area contributed by atoms with E-state index in [4.69, 9.17) is 9.15 Å². The largest absolute Gasteiger partial charge is 0.452 e. The summed E-state index contributed by atoms with van der Waals surface area (Å²) in [6, 6.07) is 18.6. The predicted octanol–water partition coefficient (Wildman–Crippen LogP) is 3.48. The molecule has 1 unspecified atom stereocenters. The molecule has 0 aliphatic heterocycles. The lowest BCUT2D eigenvalue weighted by Crippen LogP contribution is -2.37. The zero-order valence-electron chi connectivity index (χ0n) is 15.2. The monoisotopic (exact) mass is 364 g/mol. The molecule has 138 valence electrons. The molecule has 0 fully saturated rings. The van der Waals surface area contributed by atoms with Crippen molar-refractivity contribution >= 4 is 17.6 Å². The zero-order valence-corrected chi connectivity index (χ0v) is 15.2. The molecule has 3 rings (SSSR count). The van der Waals surface area contributed by atoms with Crippen molar-refractivity contribution < 1.29 is 18.7 Å². The second-order valence-corrected chi connectivity index (χ2v) is 6.05. The van der Waals surface area contributed by atoms with Crippen LogP contribution in [0.5, 0.6) is 0 Å². The SMILES string of the molecule is CC(OC(=O)Cc1coc(-c2ccccc2)n1)C(=O)N(C)c1ccccc1. The Kier molecular flexibility index (Phi) is 5.66. The van der Waals surface area contributed by atoms with Gasteiger partial charge in [-0.2, -0.15) is 0 Å². The highest BCUT2D eigenvalue weighted by molar-refractivity contribution is 5.96. The Morgan fingerprint density at radius 1 is 1.07 bits per heavy atom. The summed E-state index contributed by atoms with van der Waals surface area (Å²) in [5.41, 5.74) is 2.01. The van der Waals surface area contributed by atoms with Crippen molar-refractivity contribution in [3.63, 3.8) is 0 Å². The van der Waals surface area contributed by atoms with Crippen LogP contribution in [0.2, 0.25) is 0 Å². The van der Waals surface area contributed by atoms with Crippen molar-refractivity contribution in [3.8, 4) is 11.5 Å². The Labute approximate surface area is 157 Å². The van der Waals surface area contributed by atoms with Crippen molar-refractivity contribution in [2.75, 3.05) is 11.9 Å². The molecule has 6 nitrogen and oxygen atoms in total. The summed E-state index contributed by atoms with van der Waals surface area (Å²) in [5, 5.41) is 0. The Bertz CT molecular complexity index is 906. The van der Waals surface area contributed by atoms with Crippen molar-refractivity contribution in [2.24, 2.45) is 0 Å². The highest BCUT2D eigenvalue weighted by Gasteiger charge is 2.23. The molecule has 0 radical (unpaired) electrons. The zero-order chi connectivity index (χ0) is 19.2. The number of hydrogen-bond donors (Lipinski definition) is 0. The van der Waals surface area contributed by atoms with Crippen molar-refractivity contribution in [1.82, 2.24) is 4.98 Å². The lowest BCUT2D eigenvalue weighted by molar-refractivity contribution is -0.153. The van der Waals surface area contributed by atoms with Gasteiger partial charge in [-0.25, -0.2) is 4.98 Å². The van der Waals surface area contributed by atoms with E-state index < -0.39 is 12.1 Å². The quantitative estimate of drug-likeness (QED) is 0.626. The minimum Gasteiger partial charge on any atom is -0.452 e. The maximum Gasteiger partial charge on any atom is 0.312 e. The summed E-state index contributed by atoms with van der Waals surface area (Å²) >= 11 is 0. The normalized spacial score (nSPS) is 11.6. The summed E-state index contributed by atoms with van der Waals surface area (Å²) in [6.07, 6.45) is 0.457. The maximum absolute atomic E-state index is 12.4. The van der Waals surface area contributed by atoms with E-state index in [0.717, 1.165) is 11.3 Å². The van der Waals surface area contributed by atoms with Gasteiger partial charge in [0.25, 0.3) is 5.91 Å². The van der Waals surface area contributed by atoms with Crippen molar-refractivity contribution in [3.05, 3.63) is 72.6 Å². The average Bonchev–Trinajstić information content (AvgIpc) is 3.16. The third-order valence-electron chi connectivity index (χ3n) is 4.03. The minimum absolute atomic E-state index is 0.0665. The first kappa shape index (κ1) is 18.4. The summed E-state index contributed by atoms with van der Waals surface area (Å²) < 4.78 is 10.7. The number of esters is 1. The lowest BCUT2D eigenvalue weighted by atomic mass is 10.2. The van der Waals surface area contributed by atoms with Crippen molar-refractivity contribution in [2.45, 2.75) is 19.4 Å². The third kappa shape index (κ3) is 4.61. The van der Waals surface area contributed by atoms with E-state index in [-0.39, 0.29) is 12.3 Å². The topological polar surface area (TPSA) is 72.6 Å². The van der Waals surface area contributed by atoms with Crippen LogP contribution in [0.1, 0.15) is 12.6 Å². The van der Waals surface area contributed by atoms with Crippen LogP contribution in [-0.4, -0.2) is 30.0 Å². The van der Waals surface area contributed by atoms with Crippen LogP contribution in [0, 0.1) is 0 Å². The van der Waals surface area contributed by atoms with Gasteiger partial charge in [-0.1, -0.05) is 36.4 Å². The van der Waals surface area contributed by atoms with Gasteiger partial charge in [0.05, 0.1) is 12.1 Å². The first-order valence-electron chi connectivity index (χ1n) is 8.56. The van der Waals surface area contributed by atoms with Crippen LogP contribution in [0.4, 0.5) is 5.69 Å². The Balaban J connectivity index is 1.57. The summed E-state index contributed by atoms with van der Waals surface area (Å²) in [6.45, 7) is 1.55. The smallest absolute Gasteiger partial charge is 0.312 e. The number of hydrogen-bond acceptors (Lipinski definition) is 5. The van der Waals surface area contributed by atoms with Gasteiger partial charge in [-0.05, 0) is 31.2 Å². The fourth-order valence-electron chi connectivity index (χ4n) is 2.59. The number of ether oxygens (including phenoxy) is 1. The number of rotatable bonds is 6. The van der Waals surface area contributed by atoms with Gasteiger partial charge >= 0.3 is 5.97 Å². The molecular weight excluding hydrogens is 344 g/mol. The lowest BCUT2D eigenvalue weighted by Gasteiger charge is -2.21. The van der Waals surface area contributed by atoms with E-state index in [1.54, 1.807) is 14.0 Å². The van der Waals surface area contributed by atoms with E-state index in [1.807, 2.05) is 60.7 Å². The molecule has 0 saturated heterocycles. The molecule has 3 aromatic rings. The van der Waals surface area contributed by atoms with Gasteiger partial charge in [0, 0.05) is 18.3 Å². The fourth-order valence-corrected chi connectivity index (χ4v) is 2.59. The Morgan fingerprint density at radius 2 is 1.70 bits per heavy atom. The number of carbonyl (C=O) groups excluding carboxylic acids is 2. The van der Waals surface area contributed by atoms with Gasteiger partial charge in [0.15, 0.2) is 6.10 Å². The van der Waals surface area contributed by atoms with Crippen LogP contribution in [0.15, 0.2) is 71.3 Å². The molecule has 0 aliphatic rings. The molecule has 0 saturated carbocycles. The van der Waals surface area contributed by atoms with Crippen LogP contribution < -0.4 is 4.90 Å². The van der Waals surface area contributed by atoms with Crippen LogP contribution >= 0.6 is 0 Å².